The van der Waals surface area contributed by atoms with Gasteiger partial charge in [0.1, 0.15) is 4.88 Å². The standard InChI is InChI=1S/C29H29N5O4S2/c1-18-11-12-21(20-13-14-20)16-24(18)34(28(30)36)29-32-25(22-9-6-10-23(15-22)33-40(2,37)38)26(39-29)27(35)31-17-19-7-4-3-5-8-19/h3-12,15-16,20,33H,13-14,17H2,1-2H3,(H2,30,36)(H,31,35). The lowest BCUT2D eigenvalue weighted by Crippen LogP contribution is -2.32. The number of thiazole rings is 1. The summed E-state index contributed by atoms with van der Waals surface area (Å²) in [7, 11) is -3.52. The fourth-order valence-corrected chi connectivity index (χ4v) is 5.99. The number of sulfonamides is 1. The van der Waals surface area contributed by atoms with Crippen LogP contribution in [-0.4, -0.2) is 31.6 Å². The Labute approximate surface area is 237 Å². The molecule has 1 saturated carbocycles. The molecule has 0 bridgehead atoms. The molecule has 1 fully saturated rings. The minimum absolute atomic E-state index is 0.241. The van der Waals surface area contributed by atoms with Gasteiger partial charge in [-0.2, -0.15) is 0 Å². The molecule has 206 valence electrons. The number of urea groups is 1. The lowest BCUT2D eigenvalue weighted by molar-refractivity contribution is 0.0955. The second-order valence-corrected chi connectivity index (χ2v) is 12.5. The summed E-state index contributed by atoms with van der Waals surface area (Å²) < 4.78 is 26.1. The fraction of sp³-hybridized carbons (Fsp3) is 0.207. The molecule has 5 rings (SSSR count). The Bertz CT molecular complexity index is 1680. The third-order valence-corrected chi connectivity index (χ3v) is 8.14. The van der Waals surface area contributed by atoms with Crippen LogP contribution in [-0.2, 0) is 16.6 Å². The molecule has 0 radical (unpaired) electrons. The Morgan fingerprint density at radius 2 is 1.80 bits per heavy atom. The molecule has 4 aromatic rings. The van der Waals surface area contributed by atoms with Gasteiger partial charge in [-0.1, -0.05) is 65.9 Å². The molecule has 0 saturated heterocycles. The highest BCUT2D eigenvalue weighted by molar-refractivity contribution is 7.92. The number of carbonyl (C=O) groups is 2. The predicted octanol–water partition coefficient (Wildman–Crippen LogP) is 5.51. The number of amides is 3. The lowest BCUT2D eigenvalue weighted by Gasteiger charge is -2.20. The van der Waals surface area contributed by atoms with Crippen LogP contribution in [0.25, 0.3) is 11.3 Å². The Morgan fingerprint density at radius 3 is 2.48 bits per heavy atom. The van der Waals surface area contributed by atoms with Gasteiger partial charge in [0.2, 0.25) is 10.0 Å². The summed E-state index contributed by atoms with van der Waals surface area (Å²) in [6.07, 6.45) is 3.26. The van der Waals surface area contributed by atoms with Gasteiger partial charge in [0.05, 0.1) is 17.6 Å². The Balaban J connectivity index is 1.58. The zero-order valence-electron chi connectivity index (χ0n) is 22.0. The van der Waals surface area contributed by atoms with Gasteiger partial charge < -0.3 is 11.1 Å². The van der Waals surface area contributed by atoms with E-state index >= 15 is 0 Å². The van der Waals surface area contributed by atoms with Gasteiger partial charge in [0, 0.05) is 17.8 Å². The van der Waals surface area contributed by atoms with E-state index in [0.29, 0.717) is 35.1 Å². The summed E-state index contributed by atoms with van der Waals surface area (Å²) in [5.74, 6) is 0.0855. The molecule has 1 aliphatic rings. The van der Waals surface area contributed by atoms with Crippen LogP contribution in [0.5, 0.6) is 0 Å². The van der Waals surface area contributed by atoms with E-state index in [0.717, 1.165) is 47.1 Å². The van der Waals surface area contributed by atoms with Crippen LogP contribution >= 0.6 is 11.3 Å². The van der Waals surface area contributed by atoms with Crippen molar-refractivity contribution in [2.45, 2.75) is 32.2 Å². The fourth-order valence-electron chi connectivity index (χ4n) is 4.41. The summed E-state index contributed by atoms with van der Waals surface area (Å²) in [4.78, 5) is 32.7. The molecule has 0 spiro atoms. The monoisotopic (exact) mass is 575 g/mol. The number of nitrogens with two attached hydrogens (primary N) is 1. The minimum atomic E-state index is -3.52. The molecule has 1 aromatic heterocycles. The van der Waals surface area contributed by atoms with Gasteiger partial charge in [0.15, 0.2) is 5.13 Å². The highest BCUT2D eigenvalue weighted by Crippen LogP contribution is 2.43. The quantitative estimate of drug-likeness (QED) is 0.242. The van der Waals surface area contributed by atoms with Crippen LogP contribution in [0.3, 0.4) is 0 Å². The van der Waals surface area contributed by atoms with Gasteiger partial charge in [-0.3, -0.25) is 9.52 Å². The topological polar surface area (TPSA) is 134 Å². The number of primary amides is 1. The smallest absolute Gasteiger partial charge is 0.325 e. The van der Waals surface area contributed by atoms with E-state index in [1.54, 1.807) is 24.3 Å². The number of hydrogen-bond donors (Lipinski definition) is 3. The summed E-state index contributed by atoms with van der Waals surface area (Å²) in [5.41, 5.74) is 10.5. The molecule has 11 heteroatoms. The first kappa shape index (κ1) is 27.4. The number of rotatable bonds is 9. The molecule has 3 aromatic carbocycles. The van der Waals surface area contributed by atoms with Crippen molar-refractivity contribution in [3.8, 4) is 11.3 Å². The van der Waals surface area contributed by atoms with Crippen molar-refractivity contribution in [3.63, 3.8) is 0 Å². The van der Waals surface area contributed by atoms with Crippen LogP contribution in [0.1, 0.15) is 45.1 Å². The van der Waals surface area contributed by atoms with E-state index in [1.807, 2.05) is 49.4 Å². The highest BCUT2D eigenvalue weighted by Gasteiger charge is 2.29. The third-order valence-electron chi connectivity index (χ3n) is 6.49. The van der Waals surface area contributed by atoms with Crippen LogP contribution in [0.2, 0.25) is 0 Å². The largest absolute Gasteiger partial charge is 0.351 e. The Morgan fingerprint density at radius 1 is 1.05 bits per heavy atom. The van der Waals surface area contributed by atoms with E-state index in [2.05, 4.69) is 16.1 Å². The lowest BCUT2D eigenvalue weighted by atomic mass is 10.1. The van der Waals surface area contributed by atoms with E-state index in [4.69, 9.17) is 10.7 Å². The maximum atomic E-state index is 13.5. The first-order valence-corrected chi connectivity index (χ1v) is 15.4. The molecule has 9 nitrogen and oxygen atoms in total. The number of benzene rings is 3. The molecule has 1 aliphatic carbocycles. The van der Waals surface area contributed by atoms with Crippen LogP contribution in [0.15, 0.2) is 72.8 Å². The van der Waals surface area contributed by atoms with Crippen LogP contribution in [0.4, 0.5) is 21.3 Å². The number of aryl methyl sites for hydroxylation is 1. The summed E-state index contributed by atoms with van der Waals surface area (Å²) in [6, 6.07) is 21.4. The van der Waals surface area contributed by atoms with Crippen molar-refractivity contribution in [3.05, 3.63) is 94.4 Å². The van der Waals surface area contributed by atoms with Crippen molar-refractivity contribution < 1.29 is 18.0 Å². The summed E-state index contributed by atoms with van der Waals surface area (Å²) >= 11 is 1.05. The number of hydrogen-bond acceptors (Lipinski definition) is 6. The van der Waals surface area contributed by atoms with E-state index < -0.39 is 16.1 Å². The number of nitrogens with one attached hydrogen (secondary N) is 2. The molecule has 0 aliphatic heterocycles. The second-order valence-electron chi connectivity index (χ2n) is 9.79. The minimum Gasteiger partial charge on any atom is -0.351 e. The molecular formula is C29H29N5O4S2. The molecule has 0 atom stereocenters. The average molecular weight is 576 g/mol. The SMILES string of the molecule is Cc1ccc(C2CC2)cc1N(C(N)=O)c1nc(-c2cccc(NS(C)(=O)=O)c2)c(C(=O)NCc2ccccc2)s1. The second kappa shape index (κ2) is 11.1. The molecule has 1 heterocycles. The summed E-state index contributed by atoms with van der Waals surface area (Å²) in [6.45, 7) is 2.19. The highest BCUT2D eigenvalue weighted by atomic mass is 32.2. The van der Waals surface area contributed by atoms with Crippen molar-refractivity contribution in [1.82, 2.24) is 10.3 Å². The van der Waals surface area contributed by atoms with E-state index in [-0.39, 0.29) is 15.9 Å². The van der Waals surface area contributed by atoms with Crippen LogP contribution < -0.4 is 20.7 Å². The maximum absolute atomic E-state index is 13.5. The van der Waals surface area contributed by atoms with Crippen molar-refractivity contribution in [1.29, 1.82) is 0 Å². The number of aromatic nitrogens is 1. The van der Waals surface area contributed by atoms with E-state index in [1.165, 1.54) is 4.90 Å². The number of anilines is 3. The van der Waals surface area contributed by atoms with E-state index in [9.17, 15) is 18.0 Å². The number of nitrogens with zero attached hydrogens (tertiary/aromatic N) is 2. The summed E-state index contributed by atoms with van der Waals surface area (Å²) in [5, 5.41) is 3.17. The molecule has 40 heavy (non-hydrogen) atoms. The van der Waals surface area contributed by atoms with Crippen molar-refractivity contribution in [2.24, 2.45) is 5.73 Å². The van der Waals surface area contributed by atoms with Gasteiger partial charge in [0.25, 0.3) is 5.91 Å². The Hall–Kier alpha value is -4.22. The predicted molar refractivity (Wildman–Crippen MR) is 159 cm³/mol. The van der Waals surface area contributed by atoms with Crippen molar-refractivity contribution in [2.75, 3.05) is 15.9 Å². The normalized spacial score (nSPS) is 13.1. The number of carbonyl (C=O) groups excluding carboxylic acids is 2. The molecule has 0 unspecified atom stereocenters. The average Bonchev–Trinajstić information content (AvgIpc) is 3.67. The molecular weight excluding hydrogens is 546 g/mol. The zero-order chi connectivity index (χ0) is 28.4. The van der Waals surface area contributed by atoms with Gasteiger partial charge >= 0.3 is 6.03 Å². The van der Waals surface area contributed by atoms with Gasteiger partial charge in [-0.05, 0) is 60.6 Å². The maximum Gasteiger partial charge on any atom is 0.325 e. The van der Waals surface area contributed by atoms with Gasteiger partial charge in [-0.25, -0.2) is 23.1 Å². The van der Waals surface area contributed by atoms with Crippen molar-refractivity contribution >= 4 is 49.8 Å². The molecule has 4 N–H and O–H groups in total. The first-order chi connectivity index (χ1) is 19.1. The third kappa shape index (κ3) is 6.32. The zero-order valence-corrected chi connectivity index (χ0v) is 23.7. The molecule has 3 amide bonds. The first-order valence-electron chi connectivity index (χ1n) is 12.7. The Kier molecular flexibility index (Phi) is 7.59. The van der Waals surface area contributed by atoms with Crippen LogP contribution in [0, 0.1) is 6.92 Å². The van der Waals surface area contributed by atoms with Gasteiger partial charge in [-0.15, -0.1) is 0 Å².